The molecule has 1 amide bonds. The van der Waals surface area contributed by atoms with E-state index in [2.05, 4.69) is 22.5 Å². The molecule has 3 heterocycles. The molecule has 2 N–H and O–H groups in total. The number of nitrogens with one attached hydrogen (secondary N) is 2. The van der Waals surface area contributed by atoms with Crippen LogP contribution in [0.4, 0.5) is 0 Å². The molecule has 1 aromatic rings. The minimum Gasteiger partial charge on any atom is -0.352 e. The molecule has 1 aromatic heterocycles. The number of piperidine rings is 2. The van der Waals surface area contributed by atoms with Crippen LogP contribution in [0.3, 0.4) is 0 Å². The van der Waals surface area contributed by atoms with Gasteiger partial charge in [-0.25, -0.2) is 8.42 Å². The highest BCUT2D eigenvalue weighted by Gasteiger charge is 2.33. The van der Waals surface area contributed by atoms with E-state index in [1.807, 2.05) is 0 Å². The fourth-order valence-corrected chi connectivity index (χ4v) is 4.98. The molecule has 2 fully saturated rings. The molecule has 0 aliphatic carbocycles. The van der Waals surface area contributed by atoms with E-state index in [0.29, 0.717) is 25.9 Å². The summed E-state index contributed by atoms with van der Waals surface area (Å²) in [6.07, 6.45) is 6.09. The second-order valence-corrected chi connectivity index (χ2v) is 8.81. The molecule has 0 saturated carbocycles. The number of rotatable bonds is 4. The quantitative estimate of drug-likeness (QED) is 0.820. The zero-order valence-electron chi connectivity index (χ0n) is 14.5. The van der Waals surface area contributed by atoms with E-state index in [1.54, 1.807) is 18.3 Å². The molecule has 7 nitrogen and oxygen atoms in total. The molecule has 2 aliphatic heterocycles. The molecule has 2 saturated heterocycles. The summed E-state index contributed by atoms with van der Waals surface area (Å²) >= 11 is 0. The summed E-state index contributed by atoms with van der Waals surface area (Å²) in [7, 11) is -3.52. The number of carbonyl (C=O) groups excluding carboxylic acids is 1. The molecule has 8 heteroatoms. The molecule has 2 atom stereocenters. The summed E-state index contributed by atoms with van der Waals surface area (Å²) in [5.41, 5.74) is 0. The van der Waals surface area contributed by atoms with Crippen LogP contribution in [0.5, 0.6) is 0 Å². The van der Waals surface area contributed by atoms with E-state index in [4.69, 9.17) is 0 Å². The number of nitrogens with zero attached hydrogens (tertiary/aromatic N) is 2. The maximum atomic E-state index is 12.6. The number of pyridine rings is 1. The monoisotopic (exact) mass is 366 g/mol. The van der Waals surface area contributed by atoms with Crippen molar-refractivity contribution in [3.8, 4) is 0 Å². The number of amides is 1. The van der Waals surface area contributed by atoms with Gasteiger partial charge in [-0.1, -0.05) is 0 Å². The Kier molecular flexibility index (Phi) is 5.71. The van der Waals surface area contributed by atoms with Crippen LogP contribution >= 0.6 is 0 Å². The molecule has 0 aromatic carbocycles. The predicted octanol–water partition coefficient (Wildman–Crippen LogP) is 0.739. The van der Waals surface area contributed by atoms with Gasteiger partial charge in [0.25, 0.3) is 0 Å². The lowest BCUT2D eigenvalue weighted by Gasteiger charge is -2.34. The Morgan fingerprint density at radius 2 is 2.08 bits per heavy atom. The molecule has 3 rings (SSSR count). The zero-order chi connectivity index (χ0) is 17.9. The number of hydrogen-bond donors (Lipinski definition) is 2. The SMILES string of the molecule is CC1NCCCC1NC(=O)C1CCN(S(=O)(=O)c2cccnc2)CC1. The molecule has 0 spiro atoms. The van der Waals surface area contributed by atoms with Crippen molar-refractivity contribution in [1.29, 1.82) is 0 Å². The van der Waals surface area contributed by atoms with Crippen LogP contribution in [0.15, 0.2) is 29.4 Å². The van der Waals surface area contributed by atoms with Gasteiger partial charge in [0.15, 0.2) is 0 Å². The lowest BCUT2D eigenvalue weighted by molar-refractivity contribution is -0.127. The topological polar surface area (TPSA) is 91.4 Å². The van der Waals surface area contributed by atoms with Gasteiger partial charge in [0.2, 0.25) is 15.9 Å². The summed E-state index contributed by atoms with van der Waals surface area (Å²) < 4.78 is 26.7. The Morgan fingerprint density at radius 1 is 1.32 bits per heavy atom. The number of sulfonamides is 1. The van der Waals surface area contributed by atoms with Crippen LogP contribution in [0.25, 0.3) is 0 Å². The first-order valence-electron chi connectivity index (χ1n) is 8.92. The fraction of sp³-hybridized carbons (Fsp3) is 0.647. The van der Waals surface area contributed by atoms with E-state index in [1.165, 1.54) is 10.5 Å². The molecule has 0 radical (unpaired) electrons. The fourth-order valence-electron chi connectivity index (χ4n) is 3.55. The third-order valence-electron chi connectivity index (χ3n) is 5.19. The van der Waals surface area contributed by atoms with Crippen molar-refractivity contribution in [3.05, 3.63) is 24.5 Å². The van der Waals surface area contributed by atoms with Crippen LogP contribution in [-0.2, 0) is 14.8 Å². The zero-order valence-corrected chi connectivity index (χ0v) is 15.3. The molecular formula is C17H26N4O3S. The van der Waals surface area contributed by atoms with Gasteiger partial charge >= 0.3 is 0 Å². The first kappa shape index (κ1) is 18.3. The molecule has 25 heavy (non-hydrogen) atoms. The summed E-state index contributed by atoms with van der Waals surface area (Å²) in [6, 6.07) is 3.62. The molecule has 2 aliphatic rings. The number of hydrogen-bond acceptors (Lipinski definition) is 5. The number of aromatic nitrogens is 1. The van der Waals surface area contributed by atoms with E-state index in [-0.39, 0.29) is 28.8 Å². The Bertz CT molecular complexity index is 687. The van der Waals surface area contributed by atoms with Gasteiger partial charge in [-0.2, -0.15) is 4.31 Å². The van der Waals surface area contributed by atoms with E-state index < -0.39 is 10.0 Å². The van der Waals surface area contributed by atoms with Crippen molar-refractivity contribution in [3.63, 3.8) is 0 Å². The van der Waals surface area contributed by atoms with Gasteiger partial charge in [0.1, 0.15) is 4.90 Å². The summed E-state index contributed by atoms with van der Waals surface area (Å²) in [5, 5.41) is 6.52. The van der Waals surface area contributed by atoms with E-state index >= 15 is 0 Å². The maximum Gasteiger partial charge on any atom is 0.244 e. The van der Waals surface area contributed by atoms with Gasteiger partial charge in [-0.15, -0.1) is 0 Å². The van der Waals surface area contributed by atoms with Gasteiger partial charge in [0, 0.05) is 43.5 Å². The lowest BCUT2D eigenvalue weighted by atomic mass is 9.94. The highest BCUT2D eigenvalue weighted by molar-refractivity contribution is 7.89. The standard InChI is InChI=1S/C17H26N4O3S/c1-13-16(5-3-9-19-13)20-17(22)14-6-10-21(11-7-14)25(23,24)15-4-2-8-18-12-15/h2,4,8,12-14,16,19H,3,5-7,9-11H2,1H3,(H,20,22). The Hall–Kier alpha value is -1.51. The van der Waals surface area contributed by atoms with Crippen LogP contribution in [0.2, 0.25) is 0 Å². The first-order valence-corrected chi connectivity index (χ1v) is 10.4. The van der Waals surface area contributed by atoms with E-state index in [9.17, 15) is 13.2 Å². The van der Waals surface area contributed by atoms with Gasteiger partial charge < -0.3 is 10.6 Å². The number of carbonyl (C=O) groups is 1. The van der Waals surface area contributed by atoms with Gasteiger partial charge in [-0.05, 0) is 51.3 Å². The Balaban J connectivity index is 1.55. The Labute approximate surface area is 149 Å². The second-order valence-electron chi connectivity index (χ2n) is 6.87. The van der Waals surface area contributed by atoms with E-state index in [0.717, 1.165) is 19.4 Å². The van der Waals surface area contributed by atoms with Crippen molar-refractivity contribution in [1.82, 2.24) is 19.9 Å². The smallest absolute Gasteiger partial charge is 0.244 e. The van der Waals surface area contributed by atoms with Gasteiger partial charge in [-0.3, -0.25) is 9.78 Å². The molecule has 138 valence electrons. The summed E-state index contributed by atoms with van der Waals surface area (Å²) in [6.45, 7) is 3.83. The second kappa shape index (κ2) is 7.80. The van der Waals surface area contributed by atoms with Crippen molar-refractivity contribution < 1.29 is 13.2 Å². The van der Waals surface area contributed by atoms with Crippen molar-refractivity contribution >= 4 is 15.9 Å². The highest BCUT2D eigenvalue weighted by Crippen LogP contribution is 2.24. The third kappa shape index (κ3) is 4.19. The summed E-state index contributed by atoms with van der Waals surface area (Å²) in [5.74, 6) is -0.0616. The van der Waals surface area contributed by atoms with Crippen LogP contribution in [0, 0.1) is 5.92 Å². The van der Waals surface area contributed by atoms with Gasteiger partial charge in [0.05, 0.1) is 0 Å². The van der Waals surface area contributed by atoms with Crippen LogP contribution in [0.1, 0.15) is 32.6 Å². The van der Waals surface area contributed by atoms with Crippen LogP contribution in [-0.4, -0.2) is 55.3 Å². The lowest BCUT2D eigenvalue weighted by Crippen LogP contribution is -2.54. The minimum atomic E-state index is -3.52. The van der Waals surface area contributed by atoms with Crippen molar-refractivity contribution in [2.75, 3.05) is 19.6 Å². The molecule has 2 unspecified atom stereocenters. The predicted molar refractivity (Wildman–Crippen MR) is 94.3 cm³/mol. The highest BCUT2D eigenvalue weighted by atomic mass is 32.2. The largest absolute Gasteiger partial charge is 0.352 e. The van der Waals surface area contributed by atoms with Crippen LogP contribution < -0.4 is 10.6 Å². The Morgan fingerprint density at radius 3 is 2.72 bits per heavy atom. The van der Waals surface area contributed by atoms with Crippen molar-refractivity contribution in [2.24, 2.45) is 5.92 Å². The normalized spacial score (nSPS) is 26.3. The summed E-state index contributed by atoms with van der Waals surface area (Å²) in [4.78, 5) is 16.6. The minimum absolute atomic E-state index is 0.0546. The van der Waals surface area contributed by atoms with Crippen molar-refractivity contribution in [2.45, 2.75) is 49.6 Å². The maximum absolute atomic E-state index is 12.6. The first-order chi connectivity index (χ1) is 12.0. The average molecular weight is 366 g/mol. The third-order valence-corrected chi connectivity index (χ3v) is 7.07. The average Bonchev–Trinajstić information content (AvgIpc) is 2.64. The molecular weight excluding hydrogens is 340 g/mol. The molecule has 0 bridgehead atoms.